The highest BCUT2D eigenvalue weighted by molar-refractivity contribution is 5.46. The minimum Gasteiger partial charge on any atom is -0.349 e. The van der Waals surface area contributed by atoms with Gasteiger partial charge in [-0.1, -0.05) is 0 Å². The van der Waals surface area contributed by atoms with Crippen LogP contribution in [0, 0.1) is 6.92 Å². The molecule has 0 saturated carbocycles. The van der Waals surface area contributed by atoms with E-state index in [2.05, 4.69) is 26.8 Å². The third-order valence-corrected chi connectivity index (χ3v) is 3.64. The summed E-state index contributed by atoms with van der Waals surface area (Å²) in [4.78, 5) is 13.6. The molecule has 0 radical (unpaired) electrons. The zero-order valence-corrected chi connectivity index (χ0v) is 9.22. The zero-order valence-electron chi connectivity index (χ0n) is 9.22. The predicted octanol–water partition coefficient (Wildman–Crippen LogP) is 0.678. The Morgan fingerprint density at radius 2 is 2.00 bits per heavy atom. The summed E-state index contributed by atoms with van der Waals surface area (Å²) in [6, 6.07) is 1.37. The van der Waals surface area contributed by atoms with Crippen LogP contribution in [0.15, 0.2) is 12.4 Å². The van der Waals surface area contributed by atoms with Crippen LogP contribution < -0.4 is 4.90 Å². The number of hydrogen-bond donors (Lipinski definition) is 0. The molecule has 1 aromatic heterocycles. The molecule has 0 spiro atoms. The smallest absolute Gasteiger partial charge is 0.150 e. The molecule has 2 aliphatic rings. The Kier molecular flexibility index (Phi) is 1.92. The van der Waals surface area contributed by atoms with Gasteiger partial charge in [0.1, 0.15) is 5.82 Å². The fraction of sp³-hybridized carbons (Fsp3) is 0.636. The van der Waals surface area contributed by atoms with Crippen molar-refractivity contribution in [2.24, 2.45) is 0 Å². The molecule has 0 aliphatic carbocycles. The van der Waals surface area contributed by atoms with E-state index in [1.165, 1.54) is 13.0 Å². The maximum atomic E-state index is 4.45. The molecule has 2 aliphatic heterocycles. The molecule has 0 amide bonds. The number of anilines is 1. The van der Waals surface area contributed by atoms with E-state index < -0.39 is 0 Å². The predicted molar refractivity (Wildman–Crippen MR) is 58.9 cm³/mol. The molecule has 0 unspecified atom stereocenters. The van der Waals surface area contributed by atoms with Gasteiger partial charge in [0.15, 0.2) is 0 Å². The Hall–Kier alpha value is -1.16. The van der Waals surface area contributed by atoms with E-state index in [1.807, 2.05) is 6.92 Å². The van der Waals surface area contributed by atoms with Crippen molar-refractivity contribution >= 4 is 5.82 Å². The summed E-state index contributed by atoms with van der Waals surface area (Å²) in [5.74, 6) is 1.08. The van der Waals surface area contributed by atoms with Gasteiger partial charge < -0.3 is 4.90 Å². The van der Waals surface area contributed by atoms with Crippen LogP contribution in [0.4, 0.5) is 5.82 Å². The van der Waals surface area contributed by atoms with Gasteiger partial charge in [-0.25, -0.2) is 4.98 Å². The molecule has 15 heavy (non-hydrogen) atoms. The first-order valence-corrected chi connectivity index (χ1v) is 5.50. The average Bonchev–Trinajstić information content (AvgIpc) is 2.77. The minimum absolute atomic E-state index is 0.649. The summed E-state index contributed by atoms with van der Waals surface area (Å²) in [6.45, 7) is 4.32. The lowest BCUT2D eigenvalue weighted by Crippen LogP contribution is -2.45. The topological polar surface area (TPSA) is 32.3 Å². The van der Waals surface area contributed by atoms with Crippen LogP contribution in [0.2, 0.25) is 0 Å². The second kappa shape index (κ2) is 3.17. The average molecular weight is 204 g/mol. The SMILES string of the molecule is Cc1nccnc1N1C[C@@H]2C[C@H]1CN2C. The molecule has 0 aromatic carbocycles. The van der Waals surface area contributed by atoms with Gasteiger partial charge in [0.05, 0.1) is 5.69 Å². The number of hydrogen-bond acceptors (Lipinski definition) is 4. The van der Waals surface area contributed by atoms with Crippen LogP contribution in [0.25, 0.3) is 0 Å². The second-order valence-corrected chi connectivity index (χ2v) is 4.60. The number of aromatic nitrogens is 2. The Bertz CT molecular complexity index is 377. The fourth-order valence-electron chi connectivity index (χ4n) is 2.81. The number of likely N-dealkylation sites (N-methyl/N-ethyl adjacent to an activating group) is 1. The third-order valence-electron chi connectivity index (χ3n) is 3.64. The van der Waals surface area contributed by atoms with E-state index in [9.17, 15) is 0 Å². The van der Waals surface area contributed by atoms with Crippen LogP contribution >= 0.6 is 0 Å². The van der Waals surface area contributed by atoms with Gasteiger partial charge in [-0.05, 0) is 20.4 Å². The standard InChI is InChI=1S/C11H16N4/c1-8-11(13-4-3-12-8)15-7-9-5-10(15)6-14(9)2/h3-4,9-10H,5-7H2,1-2H3/t9-,10-/m0/s1. The molecule has 2 bridgehead atoms. The van der Waals surface area contributed by atoms with E-state index in [0.29, 0.717) is 6.04 Å². The molecule has 2 fully saturated rings. The summed E-state index contributed by atoms with van der Waals surface area (Å²) in [6.07, 6.45) is 4.84. The monoisotopic (exact) mass is 204 g/mol. The van der Waals surface area contributed by atoms with Gasteiger partial charge >= 0.3 is 0 Å². The van der Waals surface area contributed by atoms with Crippen molar-refractivity contribution in [2.45, 2.75) is 25.4 Å². The number of aryl methyl sites for hydroxylation is 1. The highest BCUT2D eigenvalue weighted by atomic mass is 15.4. The minimum atomic E-state index is 0.649. The quantitative estimate of drug-likeness (QED) is 0.673. The highest BCUT2D eigenvalue weighted by Crippen LogP contribution is 2.33. The number of nitrogens with zero attached hydrogens (tertiary/aromatic N) is 4. The molecular weight excluding hydrogens is 188 g/mol. The molecule has 2 atom stereocenters. The van der Waals surface area contributed by atoms with E-state index in [1.54, 1.807) is 12.4 Å². The molecule has 0 N–H and O–H groups in total. The van der Waals surface area contributed by atoms with E-state index in [4.69, 9.17) is 0 Å². The summed E-state index contributed by atoms with van der Waals surface area (Å²) < 4.78 is 0. The molecule has 1 aromatic rings. The Balaban J connectivity index is 1.89. The van der Waals surface area contributed by atoms with Gasteiger partial charge in [-0.15, -0.1) is 0 Å². The lowest BCUT2D eigenvalue weighted by Gasteiger charge is -2.33. The summed E-state index contributed by atoms with van der Waals surface area (Å²) >= 11 is 0. The van der Waals surface area contributed by atoms with E-state index >= 15 is 0 Å². The van der Waals surface area contributed by atoms with Crippen LogP contribution in [0.1, 0.15) is 12.1 Å². The van der Waals surface area contributed by atoms with Gasteiger partial charge in [0, 0.05) is 37.6 Å². The maximum absolute atomic E-state index is 4.45. The van der Waals surface area contributed by atoms with Crippen LogP contribution in [0.3, 0.4) is 0 Å². The Labute approximate surface area is 89.9 Å². The van der Waals surface area contributed by atoms with Crippen molar-refractivity contribution in [3.05, 3.63) is 18.1 Å². The van der Waals surface area contributed by atoms with Crippen molar-refractivity contribution in [2.75, 3.05) is 25.0 Å². The number of fused-ring (bicyclic) bond motifs is 2. The molecule has 3 rings (SSSR count). The molecule has 3 heterocycles. The largest absolute Gasteiger partial charge is 0.349 e. The van der Waals surface area contributed by atoms with Crippen LogP contribution in [-0.4, -0.2) is 47.1 Å². The zero-order chi connectivity index (χ0) is 10.4. The molecule has 2 saturated heterocycles. The van der Waals surface area contributed by atoms with Crippen molar-refractivity contribution in [1.29, 1.82) is 0 Å². The first kappa shape index (κ1) is 9.09. The van der Waals surface area contributed by atoms with Gasteiger partial charge in [-0.3, -0.25) is 9.88 Å². The Morgan fingerprint density at radius 3 is 2.60 bits per heavy atom. The lowest BCUT2D eigenvalue weighted by atomic mass is 10.2. The normalized spacial score (nSPS) is 30.1. The maximum Gasteiger partial charge on any atom is 0.150 e. The highest BCUT2D eigenvalue weighted by Gasteiger charge is 2.42. The number of rotatable bonds is 1. The number of piperazine rings is 1. The summed E-state index contributed by atoms with van der Waals surface area (Å²) in [5, 5.41) is 0. The van der Waals surface area contributed by atoms with E-state index in [-0.39, 0.29) is 0 Å². The van der Waals surface area contributed by atoms with Crippen LogP contribution in [0.5, 0.6) is 0 Å². The fourth-order valence-corrected chi connectivity index (χ4v) is 2.81. The molecular formula is C11H16N4. The van der Waals surface area contributed by atoms with Gasteiger partial charge in [-0.2, -0.15) is 0 Å². The molecule has 4 heteroatoms. The van der Waals surface area contributed by atoms with Crippen molar-refractivity contribution in [1.82, 2.24) is 14.9 Å². The van der Waals surface area contributed by atoms with Crippen molar-refractivity contribution in [3.8, 4) is 0 Å². The first-order chi connectivity index (χ1) is 7.25. The van der Waals surface area contributed by atoms with Crippen LogP contribution in [-0.2, 0) is 0 Å². The van der Waals surface area contributed by atoms with Gasteiger partial charge in [0.25, 0.3) is 0 Å². The van der Waals surface area contributed by atoms with Crippen molar-refractivity contribution < 1.29 is 0 Å². The number of likely N-dealkylation sites (tertiary alicyclic amines) is 1. The second-order valence-electron chi connectivity index (χ2n) is 4.60. The molecule has 4 nitrogen and oxygen atoms in total. The summed E-state index contributed by atoms with van der Waals surface area (Å²) in [7, 11) is 2.21. The molecule has 80 valence electrons. The van der Waals surface area contributed by atoms with Gasteiger partial charge in [0.2, 0.25) is 0 Å². The van der Waals surface area contributed by atoms with E-state index in [0.717, 1.165) is 24.1 Å². The first-order valence-electron chi connectivity index (χ1n) is 5.50. The third kappa shape index (κ3) is 1.32. The van der Waals surface area contributed by atoms with Crippen molar-refractivity contribution in [3.63, 3.8) is 0 Å². The Morgan fingerprint density at radius 1 is 1.20 bits per heavy atom. The lowest BCUT2D eigenvalue weighted by molar-refractivity contribution is 0.292. The summed E-state index contributed by atoms with van der Waals surface area (Å²) in [5.41, 5.74) is 1.05.